The molecule has 0 aliphatic heterocycles. The lowest BCUT2D eigenvalue weighted by Gasteiger charge is -2.07. The molecule has 0 radical (unpaired) electrons. The molecule has 0 bridgehead atoms. The van der Waals surface area contributed by atoms with Crippen LogP contribution in [0.2, 0.25) is 0 Å². The van der Waals surface area contributed by atoms with Crippen molar-refractivity contribution in [3.63, 3.8) is 0 Å². The number of benzene rings is 1. The van der Waals surface area contributed by atoms with Gasteiger partial charge >= 0.3 is 0 Å². The van der Waals surface area contributed by atoms with Crippen molar-refractivity contribution in [3.8, 4) is 11.5 Å². The van der Waals surface area contributed by atoms with Crippen molar-refractivity contribution in [2.24, 2.45) is 0 Å². The van der Waals surface area contributed by atoms with Crippen LogP contribution in [-0.4, -0.2) is 20.5 Å². The first-order valence-corrected chi connectivity index (χ1v) is 7.69. The smallest absolute Gasteiger partial charge is 0.274 e. The highest BCUT2D eigenvalue weighted by atomic mass is 19.1. The third-order valence-corrected chi connectivity index (χ3v) is 3.79. The molecule has 1 N–H and O–H groups in total. The van der Waals surface area contributed by atoms with E-state index in [1.54, 1.807) is 29.6 Å². The molecule has 3 heterocycles. The van der Waals surface area contributed by atoms with Crippen molar-refractivity contribution in [2.75, 3.05) is 5.32 Å². The highest BCUT2D eigenvalue weighted by Gasteiger charge is 2.16. The monoisotopic (exact) mass is 354 g/mol. The number of furan rings is 1. The fraction of sp³-hybridized carbons (Fsp3) is 0.0556. The van der Waals surface area contributed by atoms with Crippen molar-refractivity contribution in [1.82, 2.24) is 14.6 Å². The lowest BCUT2D eigenvalue weighted by molar-refractivity contribution is 0.102. The fourth-order valence-electron chi connectivity index (χ4n) is 2.56. The molecule has 1 amide bonds. The number of hydrogen-bond donors (Lipinski definition) is 1. The largest absolute Gasteiger partial charge is 0.463 e. The highest BCUT2D eigenvalue weighted by Crippen LogP contribution is 2.21. The van der Waals surface area contributed by atoms with E-state index in [2.05, 4.69) is 15.4 Å². The van der Waals surface area contributed by atoms with Gasteiger partial charge in [0.2, 0.25) is 0 Å². The summed E-state index contributed by atoms with van der Waals surface area (Å²) in [6.45, 7) is 1.77. The lowest BCUT2D eigenvalue weighted by atomic mass is 10.2. The van der Waals surface area contributed by atoms with Crippen LogP contribution in [0.25, 0.3) is 17.1 Å². The van der Waals surface area contributed by atoms with Crippen molar-refractivity contribution in [2.45, 2.75) is 6.92 Å². The Bertz CT molecular complexity index is 1120. The Hall–Kier alpha value is -3.55. The summed E-state index contributed by atoms with van der Waals surface area (Å²) in [5.74, 6) is -1.61. The third-order valence-electron chi connectivity index (χ3n) is 3.79. The molecule has 0 aliphatic rings. The van der Waals surface area contributed by atoms with Gasteiger partial charge < -0.3 is 9.73 Å². The van der Waals surface area contributed by atoms with E-state index >= 15 is 0 Å². The Morgan fingerprint density at radius 3 is 2.77 bits per heavy atom. The zero-order valence-electron chi connectivity index (χ0n) is 13.5. The molecular weight excluding hydrogens is 342 g/mol. The van der Waals surface area contributed by atoms with E-state index in [4.69, 9.17) is 4.42 Å². The molecule has 1 aromatic carbocycles. The Morgan fingerprint density at radius 2 is 2.04 bits per heavy atom. The van der Waals surface area contributed by atoms with E-state index in [-0.39, 0.29) is 11.4 Å². The molecule has 130 valence electrons. The first-order chi connectivity index (χ1) is 12.5. The Labute approximate surface area is 146 Å². The van der Waals surface area contributed by atoms with Gasteiger partial charge in [-0.2, -0.15) is 5.10 Å². The van der Waals surface area contributed by atoms with E-state index in [9.17, 15) is 13.6 Å². The highest BCUT2D eigenvalue weighted by molar-refractivity contribution is 6.03. The number of nitrogens with one attached hydrogen (secondary N) is 1. The second-order valence-corrected chi connectivity index (χ2v) is 5.64. The van der Waals surface area contributed by atoms with Crippen LogP contribution < -0.4 is 5.32 Å². The predicted octanol–water partition coefficient (Wildman–Crippen LogP) is 3.83. The minimum Gasteiger partial charge on any atom is -0.463 e. The van der Waals surface area contributed by atoms with Crippen LogP contribution in [0.5, 0.6) is 0 Å². The number of halogens is 2. The number of aromatic nitrogens is 3. The molecule has 6 nitrogen and oxygen atoms in total. The van der Waals surface area contributed by atoms with Gasteiger partial charge in [0.05, 0.1) is 12.0 Å². The molecule has 0 unspecified atom stereocenters. The third kappa shape index (κ3) is 2.81. The number of amides is 1. The Morgan fingerprint density at radius 1 is 1.19 bits per heavy atom. The van der Waals surface area contributed by atoms with E-state index in [1.165, 1.54) is 12.3 Å². The summed E-state index contributed by atoms with van der Waals surface area (Å²) >= 11 is 0. The molecule has 0 fully saturated rings. The number of anilines is 1. The lowest BCUT2D eigenvalue weighted by Crippen LogP contribution is -2.16. The number of nitrogens with zero attached hydrogens (tertiary/aromatic N) is 3. The van der Waals surface area contributed by atoms with Gasteiger partial charge in [0.15, 0.2) is 11.4 Å². The standard InChI is InChI=1S/C18H12F2N4O2/c1-10-7-15(18(25)22-13-5-4-11(19)8-12(13)20)21-17-9-14(23-24(10)17)16-3-2-6-26-16/h2-9H,1H3,(H,22,25). The molecule has 0 spiro atoms. The van der Waals surface area contributed by atoms with Crippen molar-refractivity contribution in [1.29, 1.82) is 0 Å². The molecule has 4 aromatic rings. The molecule has 8 heteroatoms. The fourth-order valence-corrected chi connectivity index (χ4v) is 2.56. The summed E-state index contributed by atoms with van der Waals surface area (Å²) in [7, 11) is 0. The molecule has 0 saturated heterocycles. The van der Waals surface area contributed by atoms with Crippen molar-refractivity contribution in [3.05, 3.63) is 71.8 Å². The summed E-state index contributed by atoms with van der Waals surface area (Å²) in [6, 6.07) is 9.64. The van der Waals surface area contributed by atoms with Gasteiger partial charge in [0.1, 0.15) is 23.0 Å². The second kappa shape index (κ2) is 6.07. The van der Waals surface area contributed by atoms with Crippen LogP contribution in [0.15, 0.2) is 53.1 Å². The minimum atomic E-state index is -0.861. The summed E-state index contributed by atoms with van der Waals surface area (Å²) in [4.78, 5) is 16.7. The van der Waals surface area contributed by atoms with Crippen LogP contribution in [0.1, 0.15) is 16.2 Å². The van der Waals surface area contributed by atoms with E-state index in [0.29, 0.717) is 28.9 Å². The summed E-state index contributed by atoms with van der Waals surface area (Å²) in [5, 5.41) is 6.78. The molecule has 0 atom stereocenters. The average Bonchev–Trinajstić information content (AvgIpc) is 3.26. The van der Waals surface area contributed by atoms with E-state index in [1.807, 2.05) is 0 Å². The van der Waals surface area contributed by atoms with Crippen LogP contribution >= 0.6 is 0 Å². The number of carbonyl (C=O) groups excluding carboxylic acids is 1. The van der Waals surface area contributed by atoms with E-state index in [0.717, 1.165) is 12.1 Å². The Balaban J connectivity index is 1.69. The number of aryl methyl sites for hydroxylation is 1. The van der Waals surface area contributed by atoms with Gasteiger partial charge in [0.25, 0.3) is 5.91 Å². The Kier molecular flexibility index (Phi) is 3.72. The molecule has 26 heavy (non-hydrogen) atoms. The van der Waals surface area contributed by atoms with Gasteiger partial charge in [-0.25, -0.2) is 18.3 Å². The van der Waals surface area contributed by atoms with Crippen LogP contribution in [0, 0.1) is 18.6 Å². The molecule has 3 aromatic heterocycles. The average molecular weight is 354 g/mol. The summed E-state index contributed by atoms with van der Waals surface area (Å²) in [6.07, 6.45) is 1.54. The molecule has 0 aliphatic carbocycles. The van der Waals surface area contributed by atoms with Gasteiger partial charge in [-0.1, -0.05) is 0 Å². The SMILES string of the molecule is Cc1cc(C(=O)Nc2ccc(F)cc2F)nc2cc(-c3ccco3)nn12. The maximum atomic E-state index is 13.7. The van der Waals surface area contributed by atoms with Gasteiger partial charge in [-0.3, -0.25) is 4.79 Å². The first-order valence-electron chi connectivity index (χ1n) is 7.69. The molecular formula is C18H12F2N4O2. The number of carbonyl (C=O) groups is 1. The summed E-state index contributed by atoms with van der Waals surface area (Å²) < 4.78 is 33.6. The van der Waals surface area contributed by atoms with Crippen molar-refractivity contribution >= 4 is 17.2 Å². The maximum Gasteiger partial charge on any atom is 0.274 e. The zero-order chi connectivity index (χ0) is 18.3. The van der Waals surface area contributed by atoms with Gasteiger partial charge in [-0.15, -0.1) is 0 Å². The topological polar surface area (TPSA) is 72.4 Å². The normalized spacial score (nSPS) is 11.0. The first kappa shape index (κ1) is 15.9. The number of fused-ring (bicyclic) bond motifs is 1. The van der Waals surface area contributed by atoms with Crippen LogP contribution in [0.3, 0.4) is 0 Å². The minimum absolute atomic E-state index is 0.0876. The van der Waals surface area contributed by atoms with Crippen molar-refractivity contribution < 1.29 is 18.0 Å². The van der Waals surface area contributed by atoms with E-state index < -0.39 is 17.5 Å². The van der Waals surface area contributed by atoms with Gasteiger partial charge in [-0.05, 0) is 37.3 Å². The molecule has 0 saturated carbocycles. The van der Waals surface area contributed by atoms with Crippen LogP contribution in [-0.2, 0) is 0 Å². The quantitative estimate of drug-likeness (QED) is 0.607. The maximum absolute atomic E-state index is 13.7. The van der Waals surface area contributed by atoms with Crippen LogP contribution in [0.4, 0.5) is 14.5 Å². The molecule has 4 rings (SSSR count). The second-order valence-electron chi connectivity index (χ2n) is 5.64. The number of rotatable bonds is 3. The number of hydrogen-bond acceptors (Lipinski definition) is 4. The zero-order valence-corrected chi connectivity index (χ0v) is 13.5. The van der Waals surface area contributed by atoms with Gasteiger partial charge in [0, 0.05) is 17.8 Å². The summed E-state index contributed by atoms with van der Waals surface area (Å²) in [5.41, 5.74) is 1.65. The predicted molar refractivity (Wildman–Crippen MR) is 89.7 cm³/mol.